The van der Waals surface area contributed by atoms with Crippen molar-refractivity contribution in [3.63, 3.8) is 0 Å². The quantitative estimate of drug-likeness (QED) is 0.207. The number of aryl methyl sites for hydroxylation is 1. The van der Waals surface area contributed by atoms with Crippen molar-refractivity contribution in [1.82, 2.24) is 9.55 Å². The lowest BCUT2D eigenvalue weighted by atomic mass is 9.73. The molecule has 0 N–H and O–H groups in total. The Morgan fingerprint density at radius 2 is 1.21 bits per heavy atom. The van der Waals surface area contributed by atoms with E-state index >= 15 is 0 Å². The van der Waals surface area contributed by atoms with E-state index in [1.807, 2.05) is 6.07 Å². The summed E-state index contributed by atoms with van der Waals surface area (Å²) in [7, 11) is 0. The second-order valence-electron chi connectivity index (χ2n) is 11.9. The molecule has 0 bridgehead atoms. The number of fused-ring (bicyclic) bond motifs is 5. The summed E-state index contributed by atoms with van der Waals surface area (Å²) in [5.74, 6) is 1.00. The molecule has 208 valence electrons. The molecular weight excluding hydrogens is 520 g/mol. The van der Waals surface area contributed by atoms with Crippen molar-refractivity contribution < 1.29 is 0 Å². The Morgan fingerprint density at radius 3 is 1.98 bits per heavy atom. The summed E-state index contributed by atoms with van der Waals surface area (Å²) in [4.78, 5) is 4.77. The third kappa shape index (κ3) is 3.83. The molecule has 8 rings (SSSR count). The van der Waals surface area contributed by atoms with Gasteiger partial charge in [0.25, 0.3) is 0 Å². The van der Waals surface area contributed by atoms with Crippen LogP contribution in [0.2, 0.25) is 0 Å². The zero-order valence-corrected chi connectivity index (χ0v) is 24.9. The van der Waals surface area contributed by atoms with Crippen LogP contribution in [0.1, 0.15) is 43.6 Å². The van der Waals surface area contributed by atoms with Crippen LogP contribution >= 0.6 is 0 Å². The zero-order chi connectivity index (χ0) is 29.1. The fourth-order valence-corrected chi connectivity index (χ4v) is 7.61. The van der Waals surface area contributed by atoms with Crippen LogP contribution in [0.25, 0.3) is 60.9 Å². The number of imidazole rings is 1. The number of nitrogens with zero attached hydrogens (tertiary/aromatic N) is 2. The van der Waals surface area contributed by atoms with Gasteiger partial charge in [-0.2, -0.15) is 0 Å². The molecule has 0 spiro atoms. The zero-order valence-electron chi connectivity index (χ0n) is 24.9. The van der Waals surface area contributed by atoms with Crippen LogP contribution in [0.4, 0.5) is 0 Å². The van der Waals surface area contributed by atoms with E-state index < -0.39 is 0 Å². The minimum atomic E-state index is -0.00590. The molecule has 0 unspecified atom stereocenters. The van der Waals surface area contributed by atoms with Gasteiger partial charge in [-0.15, -0.1) is 0 Å². The maximum absolute atomic E-state index is 4.77. The summed E-state index contributed by atoms with van der Waals surface area (Å²) in [6.45, 7) is 6.78. The highest BCUT2D eigenvalue weighted by atomic mass is 15.1. The lowest BCUT2D eigenvalue weighted by molar-refractivity contribution is 0.491. The van der Waals surface area contributed by atoms with Crippen molar-refractivity contribution >= 4 is 21.8 Å². The fourth-order valence-electron chi connectivity index (χ4n) is 7.61. The normalized spacial score (nSPS) is 13.4. The van der Waals surface area contributed by atoms with E-state index in [0.717, 1.165) is 35.4 Å². The number of rotatable bonds is 5. The van der Waals surface area contributed by atoms with E-state index in [-0.39, 0.29) is 5.41 Å². The number of hydrogen-bond acceptors (Lipinski definition) is 1. The predicted molar refractivity (Wildman–Crippen MR) is 181 cm³/mol. The summed E-state index contributed by atoms with van der Waals surface area (Å²) in [5, 5.41) is 2.59. The van der Waals surface area contributed by atoms with Crippen LogP contribution in [0.3, 0.4) is 0 Å². The molecule has 0 saturated carbocycles. The van der Waals surface area contributed by atoms with Gasteiger partial charge in [-0.05, 0) is 111 Å². The Bertz CT molecular complexity index is 2150. The molecule has 2 heteroatoms. The van der Waals surface area contributed by atoms with Crippen LogP contribution in [-0.2, 0) is 5.41 Å². The van der Waals surface area contributed by atoms with Gasteiger partial charge in [0.1, 0.15) is 5.82 Å². The van der Waals surface area contributed by atoms with Crippen molar-refractivity contribution in [3.05, 3.63) is 144 Å². The molecule has 0 atom stereocenters. The molecular formula is C41H34N2. The SMILES string of the molecule is CCC1(CC)c2cc(-c3ccc(-n4c(C)nc5ccccc54)cc3)ccc2-c2ccc(-c3cccc4ccccc34)cc21. The van der Waals surface area contributed by atoms with Crippen LogP contribution in [0.15, 0.2) is 127 Å². The van der Waals surface area contributed by atoms with Gasteiger partial charge in [-0.25, -0.2) is 4.98 Å². The summed E-state index contributed by atoms with van der Waals surface area (Å²) in [6.07, 6.45) is 2.13. The molecule has 1 heterocycles. The average molecular weight is 555 g/mol. The summed E-state index contributed by atoms with van der Waals surface area (Å²) >= 11 is 0. The summed E-state index contributed by atoms with van der Waals surface area (Å²) in [5.41, 5.74) is 14.1. The highest BCUT2D eigenvalue weighted by molar-refractivity contribution is 5.97. The first-order chi connectivity index (χ1) is 21.1. The van der Waals surface area contributed by atoms with Crippen LogP contribution in [-0.4, -0.2) is 9.55 Å². The molecule has 2 nitrogen and oxygen atoms in total. The Hall–Kier alpha value is -4.95. The Balaban J connectivity index is 1.21. The first-order valence-electron chi connectivity index (χ1n) is 15.4. The summed E-state index contributed by atoms with van der Waals surface area (Å²) < 4.78 is 2.24. The lowest BCUT2D eigenvalue weighted by Crippen LogP contribution is -2.23. The second-order valence-corrected chi connectivity index (χ2v) is 11.9. The first kappa shape index (κ1) is 25.7. The van der Waals surface area contributed by atoms with Gasteiger partial charge in [-0.3, -0.25) is 4.57 Å². The van der Waals surface area contributed by atoms with E-state index in [4.69, 9.17) is 4.98 Å². The van der Waals surface area contributed by atoms with Gasteiger partial charge < -0.3 is 0 Å². The van der Waals surface area contributed by atoms with Crippen LogP contribution in [0, 0.1) is 6.92 Å². The van der Waals surface area contributed by atoms with Gasteiger partial charge in [0, 0.05) is 11.1 Å². The molecule has 0 aliphatic heterocycles. The largest absolute Gasteiger partial charge is 0.297 e. The molecule has 0 saturated heterocycles. The Morgan fingerprint density at radius 1 is 0.581 bits per heavy atom. The molecule has 1 aliphatic rings. The van der Waals surface area contributed by atoms with Gasteiger partial charge in [0.2, 0.25) is 0 Å². The van der Waals surface area contributed by atoms with E-state index in [1.165, 1.54) is 55.3 Å². The van der Waals surface area contributed by atoms with Crippen LogP contribution in [0.5, 0.6) is 0 Å². The third-order valence-corrected chi connectivity index (χ3v) is 9.86. The van der Waals surface area contributed by atoms with E-state index in [9.17, 15) is 0 Å². The minimum absolute atomic E-state index is 0.00590. The van der Waals surface area contributed by atoms with Crippen LogP contribution < -0.4 is 0 Å². The second kappa shape index (κ2) is 9.81. The Labute approximate surface area is 253 Å². The molecule has 1 aromatic heterocycles. The summed E-state index contributed by atoms with van der Waals surface area (Å²) in [6, 6.07) is 47.0. The number of aromatic nitrogens is 2. The third-order valence-electron chi connectivity index (χ3n) is 9.86. The molecule has 1 aliphatic carbocycles. The highest BCUT2D eigenvalue weighted by Gasteiger charge is 2.40. The minimum Gasteiger partial charge on any atom is -0.297 e. The topological polar surface area (TPSA) is 17.8 Å². The lowest BCUT2D eigenvalue weighted by Gasteiger charge is -2.30. The molecule has 0 fully saturated rings. The Kier molecular flexibility index (Phi) is 5.87. The fraction of sp³-hybridized carbons (Fsp3) is 0.146. The number of para-hydroxylation sites is 2. The molecule has 6 aromatic carbocycles. The van der Waals surface area contributed by atoms with Gasteiger partial charge in [0.05, 0.1) is 11.0 Å². The van der Waals surface area contributed by atoms with Crippen molar-refractivity contribution in [3.8, 4) is 39.1 Å². The maximum atomic E-state index is 4.77. The number of benzene rings is 6. The van der Waals surface area contributed by atoms with E-state index in [2.05, 4.69) is 147 Å². The average Bonchev–Trinajstić information content (AvgIpc) is 3.55. The maximum Gasteiger partial charge on any atom is 0.111 e. The van der Waals surface area contributed by atoms with Crippen molar-refractivity contribution in [2.24, 2.45) is 0 Å². The highest BCUT2D eigenvalue weighted by Crippen LogP contribution is 2.54. The molecule has 0 amide bonds. The van der Waals surface area contributed by atoms with Gasteiger partial charge >= 0.3 is 0 Å². The first-order valence-corrected chi connectivity index (χ1v) is 15.4. The van der Waals surface area contributed by atoms with E-state index in [1.54, 1.807) is 0 Å². The monoisotopic (exact) mass is 554 g/mol. The predicted octanol–water partition coefficient (Wildman–Crippen LogP) is 10.9. The smallest absolute Gasteiger partial charge is 0.111 e. The van der Waals surface area contributed by atoms with Crippen molar-refractivity contribution in [2.75, 3.05) is 0 Å². The van der Waals surface area contributed by atoms with E-state index in [0.29, 0.717) is 0 Å². The van der Waals surface area contributed by atoms with Crippen molar-refractivity contribution in [2.45, 2.75) is 39.0 Å². The van der Waals surface area contributed by atoms with Crippen molar-refractivity contribution in [1.29, 1.82) is 0 Å². The molecule has 7 aromatic rings. The molecule has 43 heavy (non-hydrogen) atoms. The number of hydrogen-bond donors (Lipinski definition) is 0. The standard InChI is InChI=1S/C41H34N2/c1-4-41(5-2)37-25-30(28-17-21-32(22-18-28)43-27(3)42-39-15-8-9-16-40(39)43)19-23-35(37)36-24-20-31(26-38(36)41)34-14-10-12-29-11-6-7-13-33(29)34/h6-26H,4-5H2,1-3H3. The van der Waals surface area contributed by atoms with Gasteiger partial charge in [-0.1, -0.05) is 105 Å². The van der Waals surface area contributed by atoms with Gasteiger partial charge in [0.15, 0.2) is 0 Å². The molecule has 0 radical (unpaired) electrons.